The molecule has 0 saturated carbocycles. The van der Waals surface area contributed by atoms with E-state index in [1.54, 1.807) is 29.1 Å². The minimum atomic E-state index is -0.496. The third kappa shape index (κ3) is 3.41. The number of ether oxygens (including phenoxy) is 1. The molecule has 4 nitrogen and oxygen atoms in total. The molecule has 5 heteroatoms. The van der Waals surface area contributed by atoms with E-state index in [9.17, 15) is 4.79 Å². The molecule has 19 heavy (non-hydrogen) atoms. The summed E-state index contributed by atoms with van der Waals surface area (Å²) < 4.78 is 5.46. The zero-order chi connectivity index (χ0) is 14.0. The Balaban J connectivity index is 2.19. The van der Waals surface area contributed by atoms with Crippen LogP contribution in [0, 0.1) is 6.92 Å². The molecule has 0 spiro atoms. The number of hydrogen-bond donors (Lipinski definition) is 0. The van der Waals surface area contributed by atoms with Gasteiger partial charge in [-0.1, -0.05) is 6.07 Å². The molecule has 1 aromatic heterocycles. The van der Waals surface area contributed by atoms with Crippen molar-refractivity contribution in [3.63, 3.8) is 0 Å². The lowest BCUT2D eigenvalue weighted by atomic mass is 10.2. The molecule has 0 aromatic carbocycles. The summed E-state index contributed by atoms with van der Waals surface area (Å²) in [6, 6.07) is 3.77. The summed E-state index contributed by atoms with van der Waals surface area (Å²) in [5, 5.41) is -0.0638. The number of thioether (sulfide) groups is 1. The molecular formula is C14H19N2O2S. The predicted octanol–water partition coefficient (Wildman–Crippen LogP) is 3.27. The van der Waals surface area contributed by atoms with Crippen molar-refractivity contribution in [1.82, 2.24) is 9.88 Å². The molecule has 2 atom stereocenters. The highest BCUT2D eigenvalue weighted by Gasteiger charge is 2.38. The monoisotopic (exact) mass is 279 g/mol. The minimum Gasteiger partial charge on any atom is -0.444 e. The number of pyridine rings is 1. The van der Waals surface area contributed by atoms with Crippen molar-refractivity contribution in [2.75, 3.05) is 5.75 Å². The van der Waals surface area contributed by atoms with E-state index >= 15 is 0 Å². The van der Waals surface area contributed by atoms with Crippen LogP contribution in [-0.2, 0) is 4.74 Å². The number of amides is 1. The maximum Gasteiger partial charge on any atom is 0.411 e. The summed E-state index contributed by atoms with van der Waals surface area (Å²) in [6.07, 6.45) is 3.20. The number of aromatic nitrogens is 1. The summed E-state index contributed by atoms with van der Waals surface area (Å²) in [5.41, 5.74) is 0.508. The molecule has 2 unspecified atom stereocenters. The van der Waals surface area contributed by atoms with Gasteiger partial charge in [-0.3, -0.25) is 9.88 Å². The van der Waals surface area contributed by atoms with Crippen LogP contribution in [0.15, 0.2) is 24.5 Å². The number of hydrogen-bond acceptors (Lipinski definition) is 4. The predicted molar refractivity (Wildman–Crippen MR) is 76.7 cm³/mol. The van der Waals surface area contributed by atoms with Crippen molar-refractivity contribution in [3.05, 3.63) is 37.0 Å². The van der Waals surface area contributed by atoms with Crippen molar-refractivity contribution in [2.45, 2.75) is 37.8 Å². The lowest BCUT2D eigenvalue weighted by Gasteiger charge is -2.30. The third-order valence-electron chi connectivity index (χ3n) is 2.67. The molecule has 1 aliphatic heterocycles. The van der Waals surface area contributed by atoms with Gasteiger partial charge in [-0.15, -0.1) is 11.8 Å². The fraction of sp³-hybridized carbons (Fsp3) is 0.500. The van der Waals surface area contributed by atoms with E-state index < -0.39 is 5.60 Å². The second-order valence-corrected chi connectivity index (χ2v) is 6.63. The summed E-state index contributed by atoms with van der Waals surface area (Å²) in [6.45, 7) is 9.63. The zero-order valence-corrected chi connectivity index (χ0v) is 12.3. The Kier molecular flexibility index (Phi) is 4.04. The topological polar surface area (TPSA) is 42.4 Å². The van der Waals surface area contributed by atoms with E-state index in [1.807, 2.05) is 32.9 Å². The quantitative estimate of drug-likeness (QED) is 0.791. The van der Waals surface area contributed by atoms with Gasteiger partial charge in [0.25, 0.3) is 0 Å². The van der Waals surface area contributed by atoms with Crippen LogP contribution in [-0.4, -0.2) is 33.4 Å². The van der Waals surface area contributed by atoms with E-state index in [2.05, 4.69) is 11.9 Å². The van der Waals surface area contributed by atoms with E-state index in [4.69, 9.17) is 4.74 Å². The van der Waals surface area contributed by atoms with Gasteiger partial charge in [-0.25, -0.2) is 4.79 Å². The van der Waals surface area contributed by atoms with Gasteiger partial charge < -0.3 is 4.74 Å². The van der Waals surface area contributed by atoms with Gasteiger partial charge in [0.2, 0.25) is 0 Å². The molecule has 103 valence electrons. The van der Waals surface area contributed by atoms with E-state index in [0.29, 0.717) is 0 Å². The van der Waals surface area contributed by atoms with Gasteiger partial charge in [0.15, 0.2) is 0 Å². The average Bonchev–Trinajstić information content (AvgIpc) is 2.70. The molecule has 1 radical (unpaired) electrons. The van der Waals surface area contributed by atoms with Crippen LogP contribution in [0.5, 0.6) is 0 Å². The lowest BCUT2D eigenvalue weighted by molar-refractivity contribution is 0.0206. The Hall–Kier alpha value is -1.23. The second kappa shape index (κ2) is 5.41. The van der Waals surface area contributed by atoms with Crippen molar-refractivity contribution >= 4 is 17.9 Å². The summed E-state index contributed by atoms with van der Waals surface area (Å²) in [7, 11) is 0. The number of carbonyl (C=O) groups excluding carboxylic acids is 1. The number of rotatable bonds is 1. The Bertz CT molecular complexity index is 445. The Morgan fingerprint density at radius 2 is 2.32 bits per heavy atom. The highest BCUT2D eigenvalue weighted by atomic mass is 32.2. The normalized spacial score (nSPS) is 23.5. The van der Waals surface area contributed by atoms with Gasteiger partial charge >= 0.3 is 6.09 Å². The molecule has 0 bridgehead atoms. The van der Waals surface area contributed by atoms with Gasteiger partial charge in [0.05, 0.1) is 0 Å². The van der Waals surface area contributed by atoms with Crippen LogP contribution in [0.3, 0.4) is 0 Å². The van der Waals surface area contributed by atoms with Crippen LogP contribution < -0.4 is 0 Å². The highest BCUT2D eigenvalue weighted by Crippen LogP contribution is 2.41. The second-order valence-electron chi connectivity index (χ2n) is 5.51. The van der Waals surface area contributed by atoms with Gasteiger partial charge in [-0.05, 0) is 33.8 Å². The fourth-order valence-corrected chi connectivity index (χ4v) is 3.21. The zero-order valence-electron chi connectivity index (χ0n) is 11.5. The van der Waals surface area contributed by atoms with Crippen LogP contribution >= 0.6 is 11.8 Å². The van der Waals surface area contributed by atoms with E-state index in [0.717, 1.165) is 11.3 Å². The smallest absolute Gasteiger partial charge is 0.411 e. The van der Waals surface area contributed by atoms with Gasteiger partial charge in [0, 0.05) is 29.8 Å². The first-order chi connectivity index (χ1) is 8.88. The maximum absolute atomic E-state index is 12.3. The van der Waals surface area contributed by atoms with Gasteiger partial charge in [-0.2, -0.15) is 0 Å². The first-order valence-corrected chi connectivity index (χ1v) is 7.29. The molecule has 1 aromatic rings. The van der Waals surface area contributed by atoms with Crippen molar-refractivity contribution in [1.29, 1.82) is 0 Å². The third-order valence-corrected chi connectivity index (χ3v) is 4.06. The van der Waals surface area contributed by atoms with Crippen molar-refractivity contribution < 1.29 is 9.53 Å². The average molecular weight is 279 g/mol. The number of carbonyl (C=O) groups is 1. The van der Waals surface area contributed by atoms with Gasteiger partial charge in [0.1, 0.15) is 11.0 Å². The molecule has 2 heterocycles. The molecule has 1 fully saturated rings. The molecular weight excluding hydrogens is 260 g/mol. The molecule has 0 aliphatic carbocycles. The largest absolute Gasteiger partial charge is 0.444 e. The Morgan fingerprint density at radius 3 is 2.89 bits per heavy atom. The standard InChI is InChI=1S/C14H19N2O2S/c1-10-9-19-12(11-6-5-7-15-8-11)16(10)13(17)18-14(2,3)4/h5-8,10,12H,1,9H2,2-4H3. The summed E-state index contributed by atoms with van der Waals surface area (Å²) >= 11 is 1.69. The van der Waals surface area contributed by atoms with E-state index in [-0.39, 0.29) is 17.5 Å². The van der Waals surface area contributed by atoms with E-state index in [1.165, 1.54) is 0 Å². The van der Waals surface area contributed by atoms with Crippen LogP contribution in [0.2, 0.25) is 0 Å². The minimum absolute atomic E-state index is 0.0638. The first kappa shape index (κ1) is 14.2. The van der Waals surface area contributed by atoms with Crippen LogP contribution in [0.1, 0.15) is 31.7 Å². The summed E-state index contributed by atoms with van der Waals surface area (Å²) in [5.74, 6) is 0.804. The molecule has 2 rings (SSSR count). The molecule has 1 saturated heterocycles. The molecule has 1 amide bonds. The van der Waals surface area contributed by atoms with Crippen molar-refractivity contribution in [2.24, 2.45) is 0 Å². The maximum atomic E-state index is 12.3. The Morgan fingerprint density at radius 1 is 1.58 bits per heavy atom. The lowest BCUT2D eigenvalue weighted by Crippen LogP contribution is -2.40. The SMILES string of the molecule is [CH2]C1CSC(c2cccnc2)N1C(=O)OC(C)(C)C. The molecule has 0 N–H and O–H groups in total. The van der Waals surface area contributed by atoms with Crippen LogP contribution in [0.25, 0.3) is 0 Å². The first-order valence-electron chi connectivity index (χ1n) is 6.24. The molecule has 1 aliphatic rings. The number of nitrogens with zero attached hydrogens (tertiary/aromatic N) is 2. The Labute approximate surface area is 118 Å². The summed E-state index contributed by atoms with van der Waals surface area (Å²) in [4.78, 5) is 18.1. The van der Waals surface area contributed by atoms with Crippen molar-refractivity contribution in [3.8, 4) is 0 Å². The highest BCUT2D eigenvalue weighted by molar-refractivity contribution is 7.99. The fourth-order valence-electron chi connectivity index (χ4n) is 1.89. The van der Waals surface area contributed by atoms with Crippen LogP contribution in [0.4, 0.5) is 4.79 Å².